The first-order valence-corrected chi connectivity index (χ1v) is 9.13. The molecule has 3 nitrogen and oxygen atoms in total. The number of fused-ring (bicyclic) bond motifs is 3. The van der Waals surface area contributed by atoms with E-state index >= 15 is 0 Å². The van der Waals surface area contributed by atoms with E-state index in [0.717, 1.165) is 32.2 Å². The Hall–Kier alpha value is -0.900. The SMILES string of the molecule is O=C1NC2/C(=C/C3CCC(F)CC3)CCN2C2CCCCC12. The Morgan fingerprint density at radius 3 is 2.68 bits per heavy atom. The minimum atomic E-state index is -0.591. The van der Waals surface area contributed by atoms with Crippen molar-refractivity contribution in [1.82, 2.24) is 10.2 Å². The van der Waals surface area contributed by atoms with E-state index in [1.165, 1.54) is 24.8 Å². The van der Waals surface area contributed by atoms with Crippen LogP contribution < -0.4 is 5.32 Å². The van der Waals surface area contributed by atoms with Crippen LogP contribution in [-0.2, 0) is 4.79 Å². The van der Waals surface area contributed by atoms with Crippen molar-refractivity contribution in [3.63, 3.8) is 0 Å². The Kier molecular flexibility index (Phi) is 3.97. The Morgan fingerprint density at radius 1 is 1.09 bits per heavy atom. The van der Waals surface area contributed by atoms with Crippen LogP contribution in [0, 0.1) is 11.8 Å². The molecule has 122 valence electrons. The van der Waals surface area contributed by atoms with Crippen LogP contribution in [-0.4, -0.2) is 35.7 Å². The summed E-state index contributed by atoms with van der Waals surface area (Å²) >= 11 is 0. The summed E-state index contributed by atoms with van der Waals surface area (Å²) in [6, 6.07) is 0.458. The molecule has 3 atom stereocenters. The third-order valence-electron chi connectivity index (χ3n) is 6.26. The second kappa shape index (κ2) is 5.95. The highest BCUT2D eigenvalue weighted by molar-refractivity contribution is 5.81. The van der Waals surface area contributed by atoms with Gasteiger partial charge in [-0.15, -0.1) is 0 Å². The van der Waals surface area contributed by atoms with Gasteiger partial charge < -0.3 is 5.32 Å². The summed E-state index contributed by atoms with van der Waals surface area (Å²) in [6.07, 6.45) is 11.0. The second-order valence-corrected chi connectivity index (χ2v) is 7.61. The van der Waals surface area contributed by atoms with Crippen LogP contribution in [0.3, 0.4) is 0 Å². The maximum atomic E-state index is 13.3. The van der Waals surface area contributed by atoms with Gasteiger partial charge >= 0.3 is 0 Å². The number of rotatable bonds is 1. The first-order chi connectivity index (χ1) is 10.7. The van der Waals surface area contributed by atoms with Gasteiger partial charge in [-0.25, -0.2) is 4.39 Å². The summed E-state index contributed by atoms with van der Waals surface area (Å²) in [5, 5.41) is 3.27. The van der Waals surface area contributed by atoms with E-state index in [4.69, 9.17) is 0 Å². The van der Waals surface area contributed by atoms with Gasteiger partial charge in [-0.1, -0.05) is 18.9 Å². The van der Waals surface area contributed by atoms with Gasteiger partial charge in [-0.3, -0.25) is 9.69 Å². The van der Waals surface area contributed by atoms with Crippen LogP contribution in [0.2, 0.25) is 0 Å². The van der Waals surface area contributed by atoms with Crippen molar-refractivity contribution in [2.24, 2.45) is 11.8 Å². The summed E-state index contributed by atoms with van der Waals surface area (Å²) in [6.45, 7) is 1.08. The fourth-order valence-corrected chi connectivity index (χ4v) is 5.05. The minimum Gasteiger partial charge on any atom is -0.336 e. The van der Waals surface area contributed by atoms with Crippen LogP contribution in [0.1, 0.15) is 57.8 Å². The average molecular weight is 306 g/mol. The van der Waals surface area contributed by atoms with Crippen LogP contribution >= 0.6 is 0 Å². The molecule has 4 heteroatoms. The van der Waals surface area contributed by atoms with Crippen molar-refractivity contribution in [3.05, 3.63) is 11.6 Å². The molecule has 22 heavy (non-hydrogen) atoms. The van der Waals surface area contributed by atoms with E-state index in [9.17, 15) is 9.18 Å². The molecule has 3 unspecified atom stereocenters. The monoisotopic (exact) mass is 306 g/mol. The number of alkyl halides is 1. The Bertz CT molecular complexity index is 470. The zero-order valence-electron chi connectivity index (χ0n) is 13.3. The Labute approximate surface area is 132 Å². The van der Waals surface area contributed by atoms with Gasteiger partial charge in [0.05, 0.1) is 5.92 Å². The number of allylic oxidation sites excluding steroid dienone is 1. The molecule has 4 rings (SSSR count). The van der Waals surface area contributed by atoms with Crippen molar-refractivity contribution in [2.75, 3.05) is 6.54 Å². The highest BCUT2D eigenvalue weighted by atomic mass is 19.1. The fraction of sp³-hybridized carbons (Fsp3) is 0.833. The van der Waals surface area contributed by atoms with Crippen molar-refractivity contribution >= 4 is 5.91 Å². The van der Waals surface area contributed by atoms with Crippen molar-refractivity contribution in [3.8, 4) is 0 Å². The summed E-state index contributed by atoms with van der Waals surface area (Å²) < 4.78 is 13.3. The van der Waals surface area contributed by atoms with E-state index in [-0.39, 0.29) is 18.0 Å². The highest BCUT2D eigenvalue weighted by Gasteiger charge is 2.46. The van der Waals surface area contributed by atoms with Crippen molar-refractivity contribution < 1.29 is 9.18 Å². The fourth-order valence-electron chi connectivity index (χ4n) is 5.05. The van der Waals surface area contributed by atoms with E-state index in [1.807, 2.05) is 0 Å². The van der Waals surface area contributed by atoms with Gasteiger partial charge in [0.2, 0.25) is 5.91 Å². The summed E-state index contributed by atoms with van der Waals surface area (Å²) in [4.78, 5) is 15.0. The molecular formula is C18H27FN2O. The van der Waals surface area contributed by atoms with Crippen LogP contribution in [0.5, 0.6) is 0 Å². The minimum absolute atomic E-state index is 0.134. The van der Waals surface area contributed by atoms with E-state index in [0.29, 0.717) is 24.8 Å². The number of hydrogen-bond donors (Lipinski definition) is 1. The molecule has 4 aliphatic rings. The lowest BCUT2D eigenvalue weighted by molar-refractivity contribution is -0.135. The first kappa shape index (κ1) is 14.7. The number of hydrogen-bond acceptors (Lipinski definition) is 2. The molecule has 0 aromatic carbocycles. The lowest BCUT2D eigenvalue weighted by Gasteiger charge is -2.45. The molecule has 2 aliphatic carbocycles. The number of carbonyl (C=O) groups is 1. The lowest BCUT2D eigenvalue weighted by atomic mass is 9.81. The van der Waals surface area contributed by atoms with Crippen LogP contribution in [0.15, 0.2) is 11.6 Å². The van der Waals surface area contributed by atoms with Gasteiger partial charge in [-0.2, -0.15) is 0 Å². The van der Waals surface area contributed by atoms with E-state index in [2.05, 4.69) is 16.3 Å². The highest BCUT2D eigenvalue weighted by Crippen LogP contribution is 2.39. The largest absolute Gasteiger partial charge is 0.336 e. The molecule has 2 saturated carbocycles. The Morgan fingerprint density at radius 2 is 1.86 bits per heavy atom. The number of nitrogens with one attached hydrogen (secondary N) is 1. The van der Waals surface area contributed by atoms with Crippen molar-refractivity contribution in [2.45, 2.75) is 76.2 Å². The predicted octanol–water partition coefficient (Wildman–Crippen LogP) is 3.16. The second-order valence-electron chi connectivity index (χ2n) is 7.61. The number of halogens is 1. The number of amides is 1. The standard InChI is InChI=1S/C18H27FN2O/c19-14-7-5-12(6-8-14)11-13-9-10-21-16-4-2-1-3-15(16)18(22)20-17(13)21/h11-12,14-17H,1-10H2,(H,20,22)/b13-11+. The summed E-state index contributed by atoms with van der Waals surface area (Å²) in [5.74, 6) is 1.00. The maximum Gasteiger partial charge on any atom is 0.226 e. The molecule has 0 aromatic heterocycles. The molecule has 0 radical (unpaired) electrons. The molecule has 0 aromatic rings. The summed E-state index contributed by atoms with van der Waals surface area (Å²) in [5.41, 5.74) is 1.39. The average Bonchev–Trinajstić information content (AvgIpc) is 2.93. The van der Waals surface area contributed by atoms with Gasteiger partial charge in [0.25, 0.3) is 0 Å². The van der Waals surface area contributed by atoms with E-state index in [1.54, 1.807) is 0 Å². The Balaban J connectivity index is 1.49. The quantitative estimate of drug-likeness (QED) is 0.755. The molecule has 1 amide bonds. The molecule has 2 heterocycles. The molecule has 2 saturated heterocycles. The molecule has 2 aliphatic heterocycles. The zero-order chi connectivity index (χ0) is 15.1. The van der Waals surface area contributed by atoms with E-state index < -0.39 is 6.17 Å². The smallest absolute Gasteiger partial charge is 0.226 e. The molecule has 0 bridgehead atoms. The first-order valence-electron chi connectivity index (χ1n) is 9.13. The predicted molar refractivity (Wildman–Crippen MR) is 83.9 cm³/mol. The number of carbonyl (C=O) groups excluding carboxylic acids is 1. The van der Waals surface area contributed by atoms with Crippen LogP contribution in [0.25, 0.3) is 0 Å². The lowest BCUT2D eigenvalue weighted by Crippen LogP contribution is -2.61. The normalized spacial score (nSPS) is 44.5. The third-order valence-corrected chi connectivity index (χ3v) is 6.26. The van der Waals surface area contributed by atoms with Crippen molar-refractivity contribution in [1.29, 1.82) is 0 Å². The zero-order valence-corrected chi connectivity index (χ0v) is 13.3. The topological polar surface area (TPSA) is 32.3 Å². The van der Waals surface area contributed by atoms with Gasteiger partial charge in [-0.05, 0) is 56.4 Å². The molecular weight excluding hydrogens is 279 g/mol. The van der Waals surface area contributed by atoms with Crippen LogP contribution in [0.4, 0.5) is 4.39 Å². The summed E-state index contributed by atoms with van der Waals surface area (Å²) in [7, 11) is 0. The van der Waals surface area contributed by atoms with Gasteiger partial charge in [0.1, 0.15) is 12.3 Å². The number of nitrogens with zero attached hydrogens (tertiary/aromatic N) is 1. The molecule has 1 N–H and O–H groups in total. The molecule has 0 spiro atoms. The van der Waals surface area contributed by atoms with Gasteiger partial charge in [0.15, 0.2) is 0 Å². The van der Waals surface area contributed by atoms with Gasteiger partial charge in [0, 0.05) is 12.6 Å². The molecule has 4 fully saturated rings. The third kappa shape index (κ3) is 2.60. The maximum absolute atomic E-state index is 13.3.